The second-order valence-electron chi connectivity index (χ2n) is 6.84. The van der Waals surface area contributed by atoms with Crippen molar-refractivity contribution in [3.05, 3.63) is 23.8 Å². The van der Waals surface area contributed by atoms with E-state index >= 15 is 0 Å². The number of hydrogen-bond acceptors (Lipinski definition) is 3. The third-order valence-corrected chi connectivity index (χ3v) is 5.01. The maximum atomic E-state index is 14.3. The van der Waals surface area contributed by atoms with E-state index in [9.17, 15) is 18.4 Å². The van der Waals surface area contributed by atoms with Crippen LogP contribution in [0.4, 0.5) is 20.2 Å². The number of amides is 1. The van der Waals surface area contributed by atoms with Gasteiger partial charge in [-0.25, -0.2) is 8.78 Å². The molecule has 0 unspecified atom stereocenters. The van der Waals surface area contributed by atoms with E-state index in [0.29, 0.717) is 32.4 Å². The summed E-state index contributed by atoms with van der Waals surface area (Å²) in [4.78, 5) is 25.5. The van der Waals surface area contributed by atoms with Gasteiger partial charge in [0.15, 0.2) is 11.6 Å². The Morgan fingerprint density at radius 1 is 1.21 bits per heavy atom. The lowest BCUT2D eigenvalue weighted by molar-refractivity contribution is -0.127. The summed E-state index contributed by atoms with van der Waals surface area (Å²) in [5, 5.41) is 2.61. The summed E-state index contributed by atoms with van der Waals surface area (Å²) in [6.45, 7) is 3.15. The molecule has 24 heavy (non-hydrogen) atoms. The maximum absolute atomic E-state index is 14.3. The fourth-order valence-electron chi connectivity index (χ4n) is 3.71. The zero-order chi connectivity index (χ0) is 17.3. The van der Waals surface area contributed by atoms with Crippen molar-refractivity contribution >= 4 is 23.1 Å². The average molecular weight is 336 g/mol. The van der Waals surface area contributed by atoms with Crippen molar-refractivity contribution in [1.29, 1.82) is 0 Å². The SMILES string of the molecule is C[C@@H]1CC(=O)CC[C@H]1C(=O)Nc1cc(F)c(N2CCCC2)c(F)c1. The molecule has 3 rings (SSSR count). The lowest BCUT2D eigenvalue weighted by Crippen LogP contribution is -2.33. The average Bonchev–Trinajstić information content (AvgIpc) is 3.00. The van der Waals surface area contributed by atoms with Gasteiger partial charge in [-0.3, -0.25) is 9.59 Å². The number of ketones is 1. The van der Waals surface area contributed by atoms with E-state index in [4.69, 9.17) is 0 Å². The summed E-state index contributed by atoms with van der Waals surface area (Å²) in [5.41, 5.74) is 0.115. The molecule has 0 bridgehead atoms. The number of nitrogens with zero attached hydrogens (tertiary/aromatic N) is 1. The Labute approximate surface area is 140 Å². The molecular weight excluding hydrogens is 314 g/mol. The first kappa shape index (κ1) is 16.9. The number of hydrogen-bond donors (Lipinski definition) is 1. The van der Waals surface area contributed by atoms with E-state index in [1.165, 1.54) is 12.1 Å². The van der Waals surface area contributed by atoms with Crippen molar-refractivity contribution in [2.75, 3.05) is 23.3 Å². The van der Waals surface area contributed by atoms with Gasteiger partial charge in [0.25, 0.3) is 0 Å². The Hall–Kier alpha value is -1.98. The molecule has 1 saturated heterocycles. The van der Waals surface area contributed by atoms with Crippen molar-refractivity contribution in [2.45, 2.75) is 39.0 Å². The predicted molar refractivity (Wildman–Crippen MR) is 87.9 cm³/mol. The molecule has 1 amide bonds. The van der Waals surface area contributed by atoms with Crippen LogP contribution in [-0.2, 0) is 9.59 Å². The van der Waals surface area contributed by atoms with Gasteiger partial charge in [-0.1, -0.05) is 6.92 Å². The lowest BCUT2D eigenvalue weighted by Gasteiger charge is -2.27. The molecule has 0 aromatic heterocycles. The minimum atomic E-state index is -0.654. The second kappa shape index (κ2) is 6.87. The Kier molecular flexibility index (Phi) is 4.83. The van der Waals surface area contributed by atoms with Gasteiger partial charge < -0.3 is 10.2 Å². The zero-order valence-corrected chi connectivity index (χ0v) is 13.8. The normalized spacial score (nSPS) is 24.3. The second-order valence-corrected chi connectivity index (χ2v) is 6.84. The van der Waals surface area contributed by atoms with Gasteiger partial charge in [0.1, 0.15) is 11.5 Å². The minimum Gasteiger partial charge on any atom is -0.367 e. The Morgan fingerprint density at radius 2 is 1.83 bits per heavy atom. The number of nitrogens with one attached hydrogen (secondary N) is 1. The molecule has 0 radical (unpaired) electrons. The number of anilines is 2. The highest BCUT2D eigenvalue weighted by Gasteiger charge is 2.31. The standard InChI is InChI=1S/C18H22F2N2O2/c1-11-8-13(23)4-5-14(11)18(24)21-12-9-15(19)17(16(20)10-12)22-6-2-3-7-22/h9-11,14H,2-8H2,1H3,(H,21,24)/t11-,14-/m1/s1. The molecule has 1 saturated carbocycles. The predicted octanol–water partition coefficient (Wildman–Crippen LogP) is 3.51. The third kappa shape index (κ3) is 3.42. The molecule has 0 spiro atoms. The summed E-state index contributed by atoms with van der Waals surface area (Å²) in [6, 6.07) is 2.35. The van der Waals surface area contributed by atoms with E-state index in [-0.39, 0.29) is 34.9 Å². The first-order valence-corrected chi connectivity index (χ1v) is 8.52. The third-order valence-electron chi connectivity index (χ3n) is 5.01. The molecule has 1 aliphatic carbocycles. The summed E-state index contributed by atoms with van der Waals surface area (Å²) in [5.74, 6) is -1.77. The van der Waals surface area contributed by atoms with E-state index in [1.54, 1.807) is 4.90 Å². The topological polar surface area (TPSA) is 49.4 Å². The molecule has 1 aromatic carbocycles. The van der Waals surface area contributed by atoms with Crippen LogP contribution in [0.3, 0.4) is 0 Å². The van der Waals surface area contributed by atoms with Gasteiger partial charge in [0.05, 0.1) is 0 Å². The van der Waals surface area contributed by atoms with Gasteiger partial charge in [-0.2, -0.15) is 0 Å². The number of halogens is 2. The van der Waals surface area contributed by atoms with Crippen molar-refractivity contribution in [1.82, 2.24) is 0 Å². The van der Waals surface area contributed by atoms with Crippen LogP contribution in [0.1, 0.15) is 39.0 Å². The lowest BCUT2D eigenvalue weighted by atomic mass is 9.79. The Balaban J connectivity index is 1.73. The summed E-state index contributed by atoms with van der Waals surface area (Å²) < 4.78 is 28.6. The van der Waals surface area contributed by atoms with Gasteiger partial charge in [0, 0.05) is 37.5 Å². The molecule has 1 N–H and O–H groups in total. The number of Topliss-reactive ketones (excluding diaryl/α,β-unsaturated/α-hetero) is 1. The monoisotopic (exact) mass is 336 g/mol. The maximum Gasteiger partial charge on any atom is 0.227 e. The van der Waals surface area contributed by atoms with Crippen LogP contribution in [0.15, 0.2) is 12.1 Å². The van der Waals surface area contributed by atoms with Crippen LogP contribution >= 0.6 is 0 Å². The largest absolute Gasteiger partial charge is 0.367 e. The summed E-state index contributed by atoms with van der Waals surface area (Å²) in [7, 11) is 0. The Bertz CT molecular complexity index is 633. The van der Waals surface area contributed by atoms with Gasteiger partial charge in [0.2, 0.25) is 5.91 Å². The Morgan fingerprint density at radius 3 is 2.42 bits per heavy atom. The number of carbonyl (C=O) groups excluding carboxylic acids is 2. The minimum absolute atomic E-state index is 0.0119. The van der Waals surface area contributed by atoms with Gasteiger partial charge in [-0.15, -0.1) is 0 Å². The van der Waals surface area contributed by atoms with Crippen LogP contribution in [0.25, 0.3) is 0 Å². The number of benzene rings is 1. The molecule has 1 aromatic rings. The molecule has 2 atom stereocenters. The van der Waals surface area contributed by atoms with Crippen LogP contribution in [0, 0.1) is 23.5 Å². The summed E-state index contributed by atoms with van der Waals surface area (Å²) in [6.07, 6.45) is 3.11. The van der Waals surface area contributed by atoms with Crippen molar-refractivity contribution < 1.29 is 18.4 Å². The van der Waals surface area contributed by atoms with Crippen LogP contribution in [-0.4, -0.2) is 24.8 Å². The fraction of sp³-hybridized carbons (Fsp3) is 0.556. The first-order chi connectivity index (χ1) is 11.5. The molecular formula is C18H22F2N2O2. The van der Waals surface area contributed by atoms with E-state index in [0.717, 1.165) is 12.8 Å². The highest BCUT2D eigenvalue weighted by Crippen LogP contribution is 2.32. The van der Waals surface area contributed by atoms with Crippen molar-refractivity contribution in [3.8, 4) is 0 Å². The van der Waals surface area contributed by atoms with Gasteiger partial charge >= 0.3 is 0 Å². The van der Waals surface area contributed by atoms with Crippen molar-refractivity contribution in [3.63, 3.8) is 0 Å². The first-order valence-electron chi connectivity index (χ1n) is 8.52. The molecule has 2 fully saturated rings. The van der Waals surface area contributed by atoms with E-state index in [2.05, 4.69) is 5.32 Å². The zero-order valence-electron chi connectivity index (χ0n) is 13.8. The molecule has 6 heteroatoms. The molecule has 130 valence electrons. The highest BCUT2D eigenvalue weighted by atomic mass is 19.1. The van der Waals surface area contributed by atoms with Crippen LogP contribution in [0.2, 0.25) is 0 Å². The summed E-state index contributed by atoms with van der Waals surface area (Å²) >= 11 is 0. The quantitative estimate of drug-likeness (QED) is 0.919. The van der Waals surface area contributed by atoms with E-state index < -0.39 is 11.6 Å². The molecule has 4 nitrogen and oxygen atoms in total. The van der Waals surface area contributed by atoms with Gasteiger partial charge in [-0.05, 0) is 37.3 Å². The number of rotatable bonds is 3. The fourth-order valence-corrected chi connectivity index (χ4v) is 3.71. The molecule has 1 heterocycles. The smallest absolute Gasteiger partial charge is 0.227 e. The van der Waals surface area contributed by atoms with Crippen molar-refractivity contribution in [2.24, 2.45) is 11.8 Å². The number of carbonyl (C=O) groups is 2. The molecule has 2 aliphatic rings. The van der Waals surface area contributed by atoms with Crippen LogP contribution < -0.4 is 10.2 Å². The van der Waals surface area contributed by atoms with E-state index in [1.807, 2.05) is 6.92 Å². The highest BCUT2D eigenvalue weighted by molar-refractivity contribution is 5.94. The van der Waals surface area contributed by atoms with Crippen LogP contribution in [0.5, 0.6) is 0 Å². The molecule has 1 aliphatic heterocycles.